The molecule has 1 saturated heterocycles. The number of anilines is 1. The Hall–Kier alpha value is -6.10. The van der Waals surface area contributed by atoms with E-state index in [1.807, 2.05) is 48.5 Å². The maximum absolute atomic E-state index is 13.3. The quantitative estimate of drug-likeness (QED) is 0.0429. The van der Waals surface area contributed by atoms with Gasteiger partial charge in [0.05, 0.1) is 43.7 Å². The number of fused-ring (bicyclic) bond motifs is 2. The second kappa shape index (κ2) is 23.3. The van der Waals surface area contributed by atoms with Crippen LogP contribution in [-0.4, -0.2) is 121 Å². The third kappa shape index (κ3) is 14.7. The maximum Gasteiger partial charge on any atom is 0.242 e. The van der Waals surface area contributed by atoms with E-state index >= 15 is 0 Å². The highest BCUT2D eigenvalue weighted by molar-refractivity contribution is 8.00. The average Bonchev–Trinajstić information content (AvgIpc) is 3.49. The smallest absolute Gasteiger partial charge is 0.242 e. The fourth-order valence-electron chi connectivity index (χ4n) is 5.90. The van der Waals surface area contributed by atoms with Gasteiger partial charge in [0, 0.05) is 68.7 Å². The second-order valence-corrected chi connectivity index (χ2v) is 14.7. The Morgan fingerprint density at radius 1 is 0.814 bits per heavy atom. The summed E-state index contributed by atoms with van der Waals surface area (Å²) < 4.78 is 5.52. The molecule has 4 rings (SSSR count). The Kier molecular flexibility index (Phi) is 18.0. The van der Waals surface area contributed by atoms with Crippen LogP contribution in [0.5, 0.6) is 0 Å². The van der Waals surface area contributed by atoms with Gasteiger partial charge in [0.15, 0.2) is 0 Å². The highest BCUT2D eigenvalue weighted by Crippen LogP contribution is 2.27. The van der Waals surface area contributed by atoms with Crippen LogP contribution in [0.1, 0.15) is 55.2 Å². The molecule has 2 aromatic rings. The van der Waals surface area contributed by atoms with E-state index in [0.717, 1.165) is 33.4 Å². The Bertz CT molecular complexity index is 1980. The van der Waals surface area contributed by atoms with Gasteiger partial charge in [-0.05, 0) is 30.2 Å². The zero-order chi connectivity index (χ0) is 42.7. The number of Topliss-reactive ketones (excluding diaryl/α,β-unsaturated/α-hetero) is 1. The summed E-state index contributed by atoms with van der Waals surface area (Å²) in [6, 6.07) is 13.9. The SMILES string of the molecule is NCC(=O)NCC(=O)NCC(=O)NC(CSC1CC(=O)N(CCC(=O)CCCOCCC(=O)NCCC(=O)N2Cc3ccccc3C#Cc3ccccc32)C1=O)C(N)=O. The van der Waals surface area contributed by atoms with Gasteiger partial charge in [0.2, 0.25) is 47.3 Å². The van der Waals surface area contributed by atoms with Crippen LogP contribution >= 0.6 is 11.8 Å². The first-order valence-electron chi connectivity index (χ1n) is 19.0. The van der Waals surface area contributed by atoms with Crippen LogP contribution in [-0.2, 0) is 54.4 Å². The van der Waals surface area contributed by atoms with Crippen molar-refractivity contribution in [3.8, 4) is 11.8 Å². The predicted molar refractivity (Wildman–Crippen MR) is 216 cm³/mol. The molecule has 19 heteroatoms. The first-order valence-corrected chi connectivity index (χ1v) is 20.0. The fourth-order valence-corrected chi connectivity index (χ4v) is 7.11. The van der Waals surface area contributed by atoms with Gasteiger partial charge in [-0.3, -0.25) is 48.1 Å². The maximum atomic E-state index is 13.3. The summed E-state index contributed by atoms with van der Waals surface area (Å²) in [4.78, 5) is 113. The largest absolute Gasteiger partial charge is 0.381 e. The highest BCUT2D eigenvalue weighted by atomic mass is 32.2. The van der Waals surface area contributed by atoms with Gasteiger partial charge in [0.1, 0.15) is 11.8 Å². The molecular weight excluding hydrogens is 785 g/mol. The lowest BCUT2D eigenvalue weighted by atomic mass is 10.0. The number of nitrogens with zero attached hydrogens (tertiary/aromatic N) is 2. The molecule has 2 aliphatic heterocycles. The molecule has 1 fully saturated rings. The van der Waals surface area contributed by atoms with Crippen LogP contribution in [0.4, 0.5) is 5.69 Å². The van der Waals surface area contributed by atoms with Crippen molar-refractivity contribution in [1.29, 1.82) is 0 Å². The van der Waals surface area contributed by atoms with Gasteiger partial charge in [0.25, 0.3) is 0 Å². The van der Waals surface area contributed by atoms with E-state index in [1.54, 1.807) is 4.90 Å². The number of hydrogen-bond donors (Lipinski definition) is 6. The summed E-state index contributed by atoms with van der Waals surface area (Å²) in [5, 5.41) is 8.77. The minimum absolute atomic E-state index is 0.0551. The molecule has 0 radical (unpaired) electrons. The first kappa shape index (κ1) is 45.6. The highest BCUT2D eigenvalue weighted by Gasteiger charge is 2.39. The number of likely N-dealkylation sites (tertiary alicyclic amines) is 1. The normalized spacial score (nSPS) is 14.7. The summed E-state index contributed by atoms with van der Waals surface area (Å²) >= 11 is 0.957. The number of para-hydroxylation sites is 1. The molecule has 2 atom stereocenters. The molecule has 8 amide bonds. The van der Waals surface area contributed by atoms with E-state index < -0.39 is 59.8 Å². The van der Waals surface area contributed by atoms with Gasteiger partial charge in [-0.15, -0.1) is 11.8 Å². The molecule has 2 aromatic carbocycles. The lowest BCUT2D eigenvalue weighted by Gasteiger charge is -2.26. The number of nitrogens with one attached hydrogen (secondary N) is 4. The number of hydrogen-bond acceptors (Lipinski definition) is 12. The molecular formula is C40H48N8O10S. The zero-order valence-corrected chi connectivity index (χ0v) is 33.2. The summed E-state index contributed by atoms with van der Waals surface area (Å²) in [6.45, 7) is -0.480. The van der Waals surface area contributed by atoms with Crippen molar-refractivity contribution in [2.24, 2.45) is 11.5 Å². The van der Waals surface area contributed by atoms with Crippen molar-refractivity contribution < 1.29 is 47.9 Å². The number of amides is 8. The lowest BCUT2D eigenvalue weighted by Crippen LogP contribution is -2.50. The van der Waals surface area contributed by atoms with Gasteiger partial charge >= 0.3 is 0 Å². The first-order chi connectivity index (χ1) is 28.4. The Morgan fingerprint density at radius 3 is 2.27 bits per heavy atom. The topological polar surface area (TPSA) is 270 Å². The van der Waals surface area contributed by atoms with E-state index in [1.165, 1.54) is 0 Å². The Balaban J connectivity index is 1.07. The van der Waals surface area contributed by atoms with Gasteiger partial charge in [-0.25, -0.2) is 0 Å². The van der Waals surface area contributed by atoms with Gasteiger partial charge < -0.3 is 42.4 Å². The number of primary amides is 1. The van der Waals surface area contributed by atoms with Gasteiger partial charge in [-0.1, -0.05) is 42.2 Å². The van der Waals surface area contributed by atoms with Crippen molar-refractivity contribution in [3.05, 3.63) is 65.2 Å². The summed E-state index contributed by atoms with van der Waals surface area (Å²) in [6.07, 6.45) is 0.458. The molecule has 2 unspecified atom stereocenters. The van der Waals surface area contributed by atoms with E-state index in [4.69, 9.17) is 16.2 Å². The van der Waals surface area contributed by atoms with Crippen LogP contribution in [0.25, 0.3) is 0 Å². The number of benzene rings is 2. The molecule has 2 aliphatic rings. The van der Waals surface area contributed by atoms with Crippen LogP contribution in [0.2, 0.25) is 0 Å². The number of ether oxygens (including phenoxy) is 1. The number of rotatable bonds is 23. The van der Waals surface area contributed by atoms with Gasteiger partial charge in [-0.2, -0.15) is 0 Å². The molecule has 0 saturated carbocycles. The van der Waals surface area contributed by atoms with E-state index in [0.29, 0.717) is 18.7 Å². The summed E-state index contributed by atoms with van der Waals surface area (Å²) in [5.74, 6) is 1.75. The minimum atomic E-state index is -1.21. The molecule has 8 N–H and O–H groups in total. The fraction of sp³-hybridized carbons (Fsp3) is 0.425. The van der Waals surface area contributed by atoms with Crippen LogP contribution in [0, 0.1) is 11.8 Å². The zero-order valence-electron chi connectivity index (χ0n) is 32.4. The van der Waals surface area contributed by atoms with E-state index in [9.17, 15) is 43.2 Å². The molecule has 0 aromatic heterocycles. The Morgan fingerprint density at radius 2 is 1.51 bits per heavy atom. The third-order valence-corrected chi connectivity index (χ3v) is 10.4. The number of imide groups is 1. The van der Waals surface area contributed by atoms with Crippen molar-refractivity contribution >= 4 is 70.5 Å². The van der Waals surface area contributed by atoms with Crippen LogP contribution in [0.15, 0.2) is 48.5 Å². The van der Waals surface area contributed by atoms with E-state index in [2.05, 4.69) is 33.1 Å². The van der Waals surface area contributed by atoms with Crippen molar-refractivity contribution in [3.63, 3.8) is 0 Å². The van der Waals surface area contributed by atoms with Crippen LogP contribution < -0.4 is 37.6 Å². The number of thioether (sulfide) groups is 1. The molecule has 2 heterocycles. The molecule has 0 aliphatic carbocycles. The molecule has 0 bridgehead atoms. The molecule has 18 nitrogen and oxygen atoms in total. The number of carbonyl (C=O) groups excluding carboxylic acids is 9. The molecule has 59 heavy (non-hydrogen) atoms. The van der Waals surface area contributed by atoms with Crippen LogP contribution in [0.3, 0.4) is 0 Å². The molecule has 314 valence electrons. The average molecular weight is 833 g/mol. The predicted octanol–water partition coefficient (Wildman–Crippen LogP) is -1.39. The monoisotopic (exact) mass is 832 g/mol. The third-order valence-electron chi connectivity index (χ3n) is 9.09. The second-order valence-electron chi connectivity index (χ2n) is 13.4. The summed E-state index contributed by atoms with van der Waals surface area (Å²) in [5.41, 5.74) is 13.8. The van der Waals surface area contributed by atoms with Crippen molar-refractivity contribution in [1.82, 2.24) is 26.2 Å². The number of carbonyl (C=O) groups is 9. The summed E-state index contributed by atoms with van der Waals surface area (Å²) in [7, 11) is 0. The van der Waals surface area contributed by atoms with E-state index in [-0.39, 0.29) is 88.3 Å². The van der Waals surface area contributed by atoms with Crippen molar-refractivity contribution in [2.75, 3.05) is 56.6 Å². The lowest BCUT2D eigenvalue weighted by molar-refractivity contribution is -0.138. The molecule has 0 spiro atoms. The van der Waals surface area contributed by atoms with Crippen molar-refractivity contribution in [2.45, 2.75) is 56.4 Å². The number of ketones is 1. The number of nitrogens with two attached hydrogens (primary N) is 2. The minimum Gasteiger partial charge on any atom is -0.381 e. The Labute approximate surface area is 345 Å². The standard InChI is InChI=1S/C40H48N8O10S/c41-21-34(51)44-22-35(52)45-23-36(53)46-30(39(42)56)25-59-32-20-38(55)47(40(32)57)17-14-29(49)9-5-18-58-19-15-33(50)43-16-13-37(54)48-24-28-8-2-1-6-26(28)11-12-27-7-3-4-10-31(27)48/h1-4,6-8,10,30,32H,5,9,13-25,41H2,(H2,42,56)(H,43,50)(H,44,51)(H,45,52)(H,46,53).